The van der Waals surface area contributed by atoms with Crippen molar-refractivity contribution in [1.29, 1.82) is 0 Å². The highest BCUT2D eigenvalue weighted by atomic mass is 35.5. The van der Waals surface area contributed by atoms with E-state index >= 15 is 0 Å². The van der Waals surface area contributed by atoms with Crippen molar-refractivity contribution in [2.75, 3.05) is 26.2 Å². The number of likely N-dealkylation sites (tertiary alicyclic amines) is 1. The Balaban J connectivity index is 1.68. The lowest BCUT2D eigenvalue weighted by atomic mass is 10.0. The number of piperidine rings is 1. The zero-order valence-electron chi connectivity index (χ0n) is 15.7. The first kappa shape index (κ1) is 21.7. The molecule has 2 saturated heterocycles. The second-order valence-corrected chi connectivity index (χ2v) is 8.37. The molecule has 3 rings (SSSR count). The van der Waals surface area contributed by atoms with Crippen LogP contribution in [0.25, 0.3) is 0 Å². The minimum absolute atomic E-state index is 0.221. The maximum atomic E-state index is 12.7. The second kappa shape index (κ2) is 9.19. The Morgan fingerprint density at radius 3 is 2.52 bits per heavy atom. The van der Waals surface area contributed by atoms with E-state index in [9.17, 15) is 19.2 Å². The van der Waals surface area contributed by atoms with Crippen LogP contribution < -0.4 is 5.32 Å². The van der Waals surface area contributed by atoms with Crippen LogP contribution in [0.15, 0.2) is 28.7 Å². The maximum Gasteiger partial charge on any atom is 0.294 e. The summed E-state index contributed by atoms with van der Waals surface area (Å²) in [4.78, 5) is 52.2. The second-order valence-electron chi connectivity index (χ2n) is 6.56. The fourth-order valence-electron chi connectivity index (χ4n) is 3.19. The molecule has 0 unspecified atom stereocenters. The van der Waals surface area contributed by atoms with Crippen LogP contribution in [0.1, 0.15) is 30.1 Å². The molecule has 0 spiro atoms. The van der Waals surface area contributed by atoms with E-state index in [0.717, 1.165) is 22.2 Å². The summed E-state index contributed by atoms with van der Waals surface area (Å²) in [6.45, 7) is 2.71. The summed E-state index contributed by atoms with van der Waals surface area (Å²) in [6.07, 6.45) is 0.945. The van der Waals surface area contributed by atoms with Gasteiger partial charge in [-0.1, -0.05) is 23.2 Å². The van der Waals surface area contributed by atoms with Crippen LogP contribution >= 0.6 is 35.0 Å². The van der Waals surface area contributed by atoms with Gasteiger partial charge in [-0.3, -0.25) is 24.1 Å². The number of hydrogen-bond acceptors (Lipinski definition) is 5. The number of benzene rings is 1. The predicted octanol–water partition coefficient (Wildman–Crippen LogP) is 3.32. The molecular formula is C19H19Cl2N3O4S. The van der Waals surface area contributed by atoms with E-state index in [-0.39, 0.29) is 18.4 Å². The van der Waals surface area contributed by atoms with Gasteiger partial charge < -0.3 is 10.2 Å². The van der Waals surface area contributed by atoms with Crippen molar-refractivity contribution < 1.29 is 19.2 Å². The minimum Gasteiger partial charge on any atom is -0.355 e. The van der Waals surface area contributed by atoms with Gasteiger partial charge in [0, 0.05) is 24.7 Å². The van der Waals surface area contributed by atoms with Gasteiger partial charge in [0.2, 0.25) is 5.91 Å². The summed E-state index contributed by atoms with van der Waals surface area (Å²) >= 11 is 12.9. The molecule has 0 aliphatic carbocycles. The smallest absolute Gasteiger partial charge is 0.294 e. The van der Waals surface area contributed by atoms with Crippen LogP contribution in [0.5, 0.6) is 0 Å². The highest BCUT2D eigenvalue weighted by Crippen LogP contribution is 2.36. The summed E-state index contributed by atoms with van der Waals surface area (Å²) in [7, 11) is 0. The molecule has 7 nitrogen and oxygen atoms in total. The molecule has 1 aromatic rings. The van der Waals surface area contributed by atoms with Gasteiger partial charge >= 0.3 is 0 Å². The number of thioether (sulfide) groups is 1. The van der Waals surface area contributed by atoms with Crippen LogP contribution in [0, 0.1) is 0 Å². The van der Waals surface area contributed by atoms with Gasteiger partial charge in [0.25, 0.3) is 17.1 Å². The molecule has 2 aliphatic rings. The molecule has 0 saturated carbocycles. The van der Waals surface area contributed by atoms with Crippen molar-refractivity contribution in [1.82, 2.24) is 15.1 Å². The van der Waals surface area contributed by atoms with Gasteiger partial charge in [-0.15, -0.1) is 0 Å². The third-order valence-corrected chi connectivity index (χ3v) is 6.29. The number of hydrogen-bond donors (Lipinski definition) is 1. The Morgan fingerprint density at radius 1 is 1.17 bits per heavy atom. The Morgan fingerprint density at radius 2 is 1.86 bits per heavy atom. The van der Waals surface area contributed by atoms with Crippen LogP contribution in [-0.2, 0) is 9.59 Å². The van der Waals surface area contributed by atoms with E-state index in [0.29, 0.717) is 53.0 Å². The highest BCUT2D eigenvalue weighted by Gasteiger charge is 2.38. The topological polar surface area (TPSA) is 86.8 Å². The van der Waals surface area contributed by atoms with Crippen LogP contribution in [0.4, 0.5) is 4.79 Å². The summed E-state index contributed by atoms with van der Waals surface area (Å²) in [5.74, 6) is -1.04. The largest absolute Gasteiger partial charge is 0.355 e. The van der Waals surface area contributed by atoms with Crippen LogP contribution in [0.2, 0.25) is 10.0 Å². The lowest BCUT2D eigenvalue weighted by Gasteiger charge is -2.29. The van der Waals surface area contributed by atoms with Gasteiger partial charge in [0.15, 0.2) is 0 Å². The average molecular weight is 456 g/mol. The average Bonchev–Trinajstić information content (AvgIpc) is 2.98. The number of nitrogens with zero attached hydrogens (tertiary/aromatic N) is 2. The lowest BCUT2D eigenvalue weighted by Crippen LogP contribution is -2.40. The molecule has 10 heteroatoms. The van der Waals surface area contributed by atoms with E-state index in [1.807, 2.05) is 0 Å². The monoisotopic (exact) mass is 455 g/mol. The van der Waals surface area contributed by atoms with Crippen molar-refractivity contribution in [3.8, 4) is 0 Å². The number of halogens is 2. The lowest BCUT2D eigenvalue weighted by molar-refractivity contribution is -0.129. The molecule has 4 amide bonds. The Labute approximate surface area is 182 Å². The molecule has 0 atom stereocenters. The van der Waals surface area contributed by atoms with Gasteiger partial charge in [0.05, 0.1) is 15.5 Å². The van der Waals surface area contributed by atoms with Gasteiger partial charge in [-0.05, 0) is 55.3 Å². The first-order valence-corrected chi connectivity index (χ1v) is 10.7. The molecular weight excluding hydrogens is 437 g/mol. The predicted molar refractivity (Wildman–Crippen MR) is 112 cm³/mol. The van der Waals surface area contributed by atoms with Crippen LogP contribution in [0.3, 0.4) is 0 Å². The number of imide groups is 1. The van der Waals surface area contributed by atoms with Crippen LogP contribution in [-0.4, -0.2) is 58.9 Å². The van der Waals surface area contributed by atoms with Gasteiger partial charge in [0.1, 0.15) is 6.54 Å². The fourth-order valence-corrected chi connectivity index (χ4v) is 4.54. The Bertz CT molecular complexity index is 909. The molecule has 154 valence electrons. The summed E-state index contributed by atoms with van der Waals surface area (Å²) in [5, 5.41) is 2.88. The fraction of sp³-hybridized carbons (Fsp3) is 0.368. The summed E-state index contributed by atoms with van der Waals surface area (Å²) in [5.41, 5.74) is 1.16. The number of rotatable bonds is 4. The van der Waals surface area contributed by atoms with E-state index in [4.69, 9.17) is 23.2 Å². The van der Waals surface area contributed by atoms with Crippen molar-refractivity contribution in [3.05, 3.63) is 44.3 Å². The van der Waals surface area contributed by atoms with Crippen molar-refractivity contribution in [2.45, 2.75) is 19.8 Å². The first-order valence-electron chi connectivity index (χ1n) is 9.08. The first-order chi connectivity index (χ1) is 13.8. The molecule has 1 N–H and O–H groups in total. The molecule has 2 heterocycles. The Kier molecular flexibility index (Phi) is 6.87. The molecule has 2 fully saturated rings. The van der Waals surface area contributed by atoms with Crippen molar-refractivity contribution in [3.63, 3.8) is 0 Å². The van der Waals surface area contributed by atoms with Gasteiger partial charge in [-0.2, -0.15) is 0 Å². The third-order valence-electron chi connectivity index (χ3n) is 4.66. The molecule has 2 aliphatic heterocycles. The quantitative estimate of drug-likeness (QED) is 0.703. The van der Waals surface area contributed by atoms with E-state index in [2.05, 4.69) is 5.32 Å². The van der Waals surface area contributed by atoms with E-state index < -0.39 is 11.1 Å². The zero-order valence-corrected chi connectivity index (χ0v) is 18.0. The molecule has 29 heavy (non-hydrogen) atoms. The van der Waals surface area contributed by atoms with Gasteiger partial charge in [-0.25, -0.2) is 0 Å². The number of likely N-dealkylation sites (N-methyl/N-ethyl adjacent to an activating group) is 1. The highest BCUT2D eigenvalue weighted by molar-refractivity contribution is 8.18. The molecule has 0 bridgehead atoms. The Hall–Kier alpha value is -2.03. The number of carbonyl (C=O) groups excluding carboxylic acids is 4. The summed E-state index contributed by atoms with van der Waals surface area (Å²) in [6, 6.07) is 4.73. The number of nitrogens with one attached hydrogen (secondary N) is 1. The molecule has 1 aromatic carbocycles. The SMILES string of the molecule is CCNC(=O)CN1C(=O)SC(=C2CCN(C(=O)c3cc(Cl)ccc3Cl)CC2)C1=O. The number of carbonyl (C=O) groups is 4. The third kappa shape index (κ3) is 4.76. The minimum atomic E-state index is -0.451. The standard InChI is InChI=1S/C19H19Cl2N3O4S/c1-2-22-15(25)10-24-18(27)16(29-19(24)28)11-5-7-23(8-6-11)17(26)13-9-12(20)3-4-14(13)21/h3-4,9H,2,5-8,10H2,1H3,(H,22,25). The maximum absolute atomic E-state index is 12.7. The number of amides is 4. The normalized spacial score (nSPS) is 17.2. The molecule has 0 radical (unpaired) electrons. The van der Waals surface area contributed by atoms with Crippen molar-refractivity contribution in [2.24, 2.45) is 0 Å². The summed E-state index contributed by atoms with van der Waals surface area (Å²) < 4.78 is 0. The van der Waals surface area contributed by atoms with E-state index in [1.165, 1.54) is 6.07 Å². The van der Waals surface area contributed by atoms with Crippen molar-refractivity contribution >= 4 is 57.9 Å². The van der Waals surface area contributed by atoms with E-state index in [1.54, 1.807) is 24.0 Å². The zero-order chi connectivity index (χ0) is 21.1. The molecule has 0 aromatic heterocycles.